The molecule has 1 aromatic heterocycles. The molecule has 10 heteroatoms. The Kier molecular flexibility index (Phi) is 7.39. The molecule has 0 aliphatic rings. The van der Waals surface area contributed by atoms with Crippen molar-refractivity contribution < 1.29 is 14.3 Å². The number of tetrazole rings is 1. The zero-order chi connectivity index (χ0) is 21.3. The Morgan fingerprint density at radius 1 is 1.13 bits per heavy atom. The Balaban J connectivity index is 1.60. The van der Waals surface area contributed by atoms with Gasteiger partial charge in [-0.1, -0.05) is 54.2 Å². The van der Waals surface area contributed by atoms with E-state index in [9.17, 15) is 9.59 Å². The van der Waals surface area contributed by atoms with Crippen molar-refractivity contribution in [1.29, 1.82) is 0 Å². The minimum atomic E-state index is -0.600. The molecule has 2 aromatic carbocycles. The first-order valence-corrected chi connectivity index (χ1v) is 10.3. The SMILES string of the molecule is CCOc1ccccc1-n1nnnc1SC(C)C(=O)NC(=O)NCc1ccccc1. The van der Waals surface area contributed by atoms with Crippen LogP contribution in [0.1, 0.15) is 19.4 Å². The van der Waals surface area contributed by atoms with Crippen LogP contribution in [0, 0.1) is 0 Å². The normalized spacial score (nSPS) is 11.5. The molecule has 0 saturated heterocycles. The van der Waals surface area contributed by atoms with Crippen molar-refractivity contribution in [2.45, 2.75) is 30.8 Å². The second kappa shape index (κ2) is 10.4. The number of urea groups is 1. The third-order valence-electron chi connectivity index (χ3n) is 4.02. The van der Waals surface area contributed by atoms with Crippen molar-refractivity contribution >= 4 is 23.7 Å². The van der Waals surface area contributed by atoms with Crippen molar-refractivity contribution in [2.24, 2.45) is 0 Å². The van der Waals surface area contributed by atoms with E-state index < -0.39 is 17.2 Å². The second-order valence-corrected chi connectivity index (χ2v) is 7.50. The van der Waals surface area contributed by atoms with Crippen LogP contribution in [0.5, 0.6) is 5.75 Å². The Hall–Kier alpha value is -3.40. The maximum atomic E-state index is 12.4. The Morgan fingerprint density at radius 2 is 1.87 bits per heavy atom. The summed E-state index contributed by atoms with van der Waals surface area (Å²) in [5, 5.41) is 16.5. The molecule has 1 unspecified atom stereocenters. The zero-order valence-electron chi connectivity index (χ0n) is 16.6. The van der Waals surface area contributed by atoms with Gasteiger partial charge in [0.15, 0.2) is 0 Å². The van der Waals surface area contributed by atoms with Crippen LogP contribution in [-0.4, -0.2) is 44.0 Å². The molecule has 0 saturated carbocycles. The van der Waals surface area contributed by atoms with Crippen LogP contribution in [0.15, 0.2) is 59.8 Å². The fraction of sp³-hybridized carbons (Fsp3) is 0.250. The fourth-order valence-corrected chi connectivity index (χ4v) is 3.36. The number of rotatable bonds is 8. The van der Waals surface area contributed by atoms with Crippen molar-refractivity contribution in [3.05, 3.63) is 60.2 Å². The van der Waals surface area contributed by atoms with Gasteiger partial charge in [0.2, 0.25) is 11.1 Å². The van der Waals surface area contributed by atoms with E-state index in [0.717, 1.165) is 17.3 Å². The zero-order valence-corrected chi connectivity index (χ0v) is 17.4. The standard InChI is InChI=1S/C20H22N6O3S/c1-3-29-17-12-8-7-11-16(17)26-20(23-24-25-26)30-14(2)18(27)22-19(28)21-13-15-9-5-4-6-10-15/h4-12,14H,3,13H2,1-2H3,(H2,21,22,27,28). The summed E-state index contributed by atoms with van der Waals surface area (Å²) in [6.07, 6.45) is 0. The van der Waals surface area contributed by atoms with Crippen molar-refractivity contribution in [3.8, 4) is 11.4 Å². The summed E-state index contributed by atoms with van der Waals surface area (Å²) in [5.41, 5.74) is 1.61. The van der Waals surface area contributed by atoms with Crippen LogP contribution in [0.4, 0.5) is 4.79 Å². The molecule has 30 heavy (non-hydrogen) atoms. The summed E-state index contributed by atoms with van der Waals surface area (Å²) in [4.78, 5) is 24.4. The lowest BCUT2D eigenvalue weighted by atomic mass is 10.2. The quantitative estimate of drug-likeness (QED) is 0.533. The van der Waals surface area contributed by atoms with E-state index in [1.807, 2.05) is 61.5 Å². The Labute approximate surface area is 178 Å². The van der Waals surface area contributed by atoms with E-state index in [0.29, 0.717) is 29.7 Å². The number of benzene rings is 2. The molecule has 0 bridgehead atoms. The molecular weight excluding hydrogens is 404 g/mol. The molecule has 3 aromatic rings. The largest absolute Gasteiger partial charge is 0.492 e. The van der Waals surface area contributed by atoms with Crippen molar-refractivity contribution in [2.75, 3.05) is 6.61 Å². The van der Waals surface area contributed by atoms with Gasteiger partial charge in [-0.05, 0) is 42.0 Å². The van der Waals surface area contributed by atoms with Crippen LogP contribution < -0.4 is 15.4 Å². The number of para-hydroxylation sites is 2. The molecule has 3 rings (SSSR count). The average molecular weight is 427 g/mol. The average Bonchev–Trinajstić information content (AvgIpc) is 3.21. The van der Waals surface area contributed by atoms with Gasteiger partial charge < -0.3 is 10.1 Å². The Bertz CT molecular complexity index is 995. The molecule has 9 nitrogen and oxygen atoms in total. The second-order valence-electron chi connectivity index (χ2n) is 6.19. The monoisotopic (exact) mass is 426 g/mol. The van der Waals surface area contributed by atoms with Crippen molar-refractivity contribution in [3.63, 3.8) is 0 Å². The maximum absolute atomic E-state index is 12.4. The van der Waals surface area contributed by atoms with Gasteiger partial charge in [0, 0.05) is 6.54 Å². The lowest BCUT2D eigenvalue weighted by molar-refractivity contribution is -0.119. The first kappa shape index (κ1) is 21.3. The summed E-state index contributed by atoms with van der Waals surface area (Å²) in [6.45, 7) is 4.39. The summed E-state index contributed by atoms with van der Waals surface area (Å²) in [7, 11) is 0. The van der Waals surface area contributed by atoms with E-state index in [1.54, 1.807) is 6.92 Å². The first-order chi connectivity index (χ1) is 14.6. The molecule has 0 aliphatic carbocycles. The number of aromatic nitrogens is 4. The maximum Gasteiger partial charge on any atom is 0.321 e. The number of hydrogen-bond donors (Lipinski definition) is 2. The van der Waals surface area contributed by atoms with E-state index in [2.05, 4.69) is 26.2 Å². The van der Waals surface area contributed by atoms with Crippen LogP contribution in [0.3, 0.4) is 0 Å². The molecule has 0 fully saturated rings. The van der Waals surface area contributed by atoms with E-state index >= 15 is 0 Å². The number of thioether (sulfide) groups is 1. The third kappa shape index (κ3) is 5.57. The number of nitrogens with zero attached hydrogens (tertiary/aromatic N) is 4. The molecule has 1 heterocycles. The van der Waals surface area contributed by atoms with Gasteiger partial charge in [-0.3, -0.25) is 10.1 Å². The topological polar surface area (TPSA) is 111 Å². The predicted molar refractivity (Wildman–Crippen MR) is 112 cm³/mol. The molecule has 0 aliphatic heterocycles. The van der Waals surface area contributed by atoms with Crippen LogP contribution in [0.25, 0.3) is 5.69 Å². The van der Waals surface area contributed by atoms with E-state index in [4.69, 9.17) is 4.74 Å². The van der Waals surface area contributed by atoms with Gasteiger partial charge in [0.1, 0.15) is 11.4 Å². The molecule has 2 N–H and O–H groups in total. The minimum Gasteiger partial charge on any atom is -0.492 e. The number of hydrogen-bond acceptors (Lipinski definition) is 7. The van der Waals surface area contributed by atoms with Gasteiger partial charge in [-0.2, -0.15) is 4.68 Å². The summed E-state index contributed by atoms with van der Waals surface area (Å²) >= 11 is 1.14. The van der Waals surface area contributed by atoms with Gasteiger partial charge in [-0.25, -0.2) is 4.79 Å². The third-order valence-corrected chi connectivity index (χ3v) is 5.05. The lowest BCUT2D eigenvalue weighted by Gasteiger charge is -2.13. The first-order valence-electron chi connectivity index (χ1n) is 9.38. The predicted octanol–water partition coefficient (Wildman–Crippen LogP) is 2.57. The number of carbonyl (C=O) groups is 2. The fourth-order valence-electron chi connectivity index (χ4n) is 2.56. The molecule has 1 atom stereocenters. The van der Waals surface area contributed by atoms with Crippen LogP contribution in [0.2, 0.25) is 0 Å². The number of carbonyl (C=O) groups excluding carboxylic acids is 2. The van der Waals surface area contributed by atoms with E-state index in [-0.39, 0.29) is 0 Å². The van der Waals surface area contributed by atoms with Gasteiger partial charge >= 0.3 is 6.03 Å². The molecule has 3 amide bonds. The highest BCUT2D eigenvalue weighted by Crippen LogP contribution is 2.27. The number of ether oxygens (including phenoxy) is 1. The highest BCUT2D eigenvalue weighted by molar-refractivity contribution is 8.00. The summed E-state index contributed by atoms with van der Waals surface area (Å²) < 4.78 is 7.14. The van der Waals surface area contributed by atoms with Crippen molar-refractivity contribution in [1.82, 2.24) is 30.8 Å². The van der Waals surface area contributed by atoms with E-state index in [1.165, 1.54) is 4.68 Å². The van der Waals surface area contributed by atoms with Gasteiger partial charge in [-0.15, -0.1) is 5.10 Å². The lowest BCUT2D eigenvalue weighted by Crippen LogP contribution is -2.42. The van der Waals surface area contributed by atoms with Crippen LogP contribution in [-0.2, 0) is 11.3 Å². The van der Waals surface area contributed by atoms with Gasteiger partial charge in [0.05, 0.1) is 11.9 Å². The molecule has 0 spiro atoms. The highest BCUT2D eigenvalue weighted by Gasteiger charge is 2.22. The smallest absolute Gasteiger partial charge is 0.321 e. The number of amides is 3. The number of nitrogens with one attached hydrogen (secondary N) is 2. The highest BCUT2D eigenvalue weighted by atomic mass is 32.2. The number of imide groups is 1. The molecular formula is C20H22N6O3S. The Morgan fingerprint density at radius 3 is 2.63 bits per heavy atom. The van der Waals surface area contributed by atoms with Gasteiger partial charge in [0.25, 0.3) is 0 Å². The summed E-state index contributed by atoms with van der Waals surface area (Å²) in [5.74, 6) is 0.185. The molecule has 0 radical (unpaired) electrons. The molecule has 156 valence electrons. The van der Waals surface area contributed by atoms with Crippen LogP contribution >= 0.6 is 11.8 Å². The minimum absolute atomic E-state index is 0.327. The summed E-state index contributed by atoms with van der Waals surface area (Å²) in [6, 6.07) is 16.2.